The van der Waals surface area contributed by atoms with Crippen LogP contribution in [0.15, 0.2) is 103 Å². The number of ether oxygens (including phenoxy) is 2. The van der Waals surface area contributed by atoms with E-state index < -0.39 is 26.7 Å². The van der Waals surface area contributed by atoms with Crippen molar-refractivity contribution in [3.05, 3.63) is 131 Å². The molecule has 0 saturated heterocycles. The summed E-state index contributed by atoms with van der Waals surface area (Å²) in [6.07, 6.45) is 4.62. The second-order valence-corrected chi connectivity index (χ2v) is 18.2. The molecule has 4 aromatic rings. The molecule has 278 valence electrons. The van der Waals surface area contributed by atoms with Gasteiger partial charge in [0.05, 0.1) is 6.61 Å². The highest BCUT2D eigenvalue weighted by Crippen LogP contribution is 2.37. The summed E-state index contributed by atoms with van der Waals surface area (Å²) in [5, 5.41) is 3.23. The average molecular weight is 724 g/mol. The Labute approximate surface area is 312 Å². The standard InChI is InChI=1S/C43H57N3O5Si/c1-42(2,3)35(36(25-32-20-14-10-15-21-32)46-41(48)50-43(4,5)6)26-34(24-31-18-12-9-13-19-31)38(47)27-39(51-52(7)8)37-28-44-40(45-37)30-49-29-33-22-16-11-17-23-33/h9-23,27-28,34-36,52H,24-26,29-30H2,1-8H3,(H,44,45)(H,46,48)/t34-,35+,36-/m0/s1. The van der Waals surface area contributed by atoms with Crippen molar-refractivity contribution >= 4 is 26.7 Å². The number of hydrogen-bond donors (Lipinski definition) is 2. The fourth-order valence-electron chi connectivity index (χ4n) is 6.32. The first kappa shape index (κ1) is 40.3. The molecule has 52 heavy (non-hydrogen) atoms. The van der Waals surface area contributed by atoms with Crippen molar-refractivity contribution in [3.8, 4) is 0 Å². The van der Waals surface area contributed by atoms with E-state index in [1.165, 1.54) is 0 Å². The Morgan fingerprint density at radius 3 is 1.90 bits per heavy atom. The number of carbonyl (C=O) groups excluding carboxylic acids is 2. The van der Waals surface area contributed by atoms with Gasteiger partial charge in [-0.15, -0.1) is 0 Å². The lowest BCUT2D eigenvalue weighted by Gasteiger charge is -2.39. The number of imidazole rings is 1. The molecule has 0 spiro atoms. The summed E-state index contributed by atoms with van der Waals surface area (Å²) in [5.74, 6) is 0.599. The lowest BCUT2D eigenvalue weighted by atomic mass is 9.69. The van der Waals surface area contributed by atoms with Crippen molar-refractivity contribution in [2.24, 2.45) is 17.3 Å². The number of hydrogen-bond acceptors (Lipinski definition) is 6. The largest absolute Gasteiger partial charge is 0.545 e. The van der Waals surface area contributed by atoms with Crippen LogP contribution in [0.4, 0.5) is 4.79 Å². The summed E-state index contributed by atoms with van der Waals surface area (Å²) in [7, 11) is -1.62. The van der Waals surface area contributed by atoms with Crippen LogP contribution in [0, 0.1) is 17.3 Å². The Morgan fingerprint density at radius 1 is 0.808 bits per heavy atom. The Hall–Kier alpha value is -4.47. The summed E-state index contributed by atoms with van der Waals surface area (Å²) in [4.78, 5) is 35.9. The maximum atomic E-state index is 14.6. The average Bonchev–Trinajstić information content (AvgIpc) is 3.55. The first-order chi connectivity index (χ1) is 24.7. The van der Waals surface area contributed by atoms with Gasteiger partial charge in [-0.25, -0.2) is 9.78 Å². The van der Waals surface area contributed by atoms with Crippen LogP contribution in [-0.2, 0) is 44.7 Å². The normalized spacial score (nSPS) is 14.1. The topological polar surface area (TPSA) is 103 Å². The monoisotopic (exact) mass is 723 g/mol. The molecule has 1 aromatic heterocycles. The van der Waals surface area contributed by atoms with Gasteiger partial charge in [0.1, 0.15) is 29.5 Å². The predicted molar refractivity (Wildman–Crippen MR) is 211 cm³/mol. The molecule has 0 unspecified atom stereocenters. The molecule has 2 N–H and O–H groups in total. The van der Waals surface area contributed by atoms with E-state index >= 15 is 0 Å². The maximum Gasteiger partial charge on any atom is 0.407 e. The van der Waals surface area contributed by atoms with Crippen LogP contribution in [-0.4, -0.2) is 42.5 Å². The minimum absolute atomic E-state index is 0.0386. The lowest BCUT2D eigenvalue weighted by Crippen LogP contribution is -2.49. The van der Waals surface area contributed by atoms with Crippen molar-refractivity contribution in [1.82, 2.24) is 15.3 Å². The summed E-state index contributed by atoms with van der Waals surface area (Å²) in [6.45, 7) is 17.0. The highest BCUT2D eigenvalue weighted by Gasteiger charge is 2.37. The van der Waals surface area contributed by atoms with Crippen molar-refractivity contribution in [2.75, 3.05) is 0 Å². The summed E-state index contributed by atoms with van der Waals surface area (Å²) >= 11 is 0. The molecule has 3 aromatic carbocycles. The van der Waals surface area contributed by atoms with Gasteiger partial charge in [0.2, 0.25) is 9.04 Å². The third kappa shape index (κ3) is 13.6. The number of amides is 1. The summed E-state index contributed by atoms with van der Waals surface area (Å²) in [6, 6.07) is 30.0. The molecule has 0 fully saturated rings. The van der Waals surface area contributed by atoms with Crippen molar-refractivity contribution in [2.45, 2.75) is 98.8 Å². The zero-order chi connectivity index (χ0) is 37.7. The van der Waals surface area contributed by atoms with Gasteiger partial charge in [-0.1, -0.05) is 112 Å². The molecule has 0 aliphatic carbocycles. The molecular weight excluding hydrogens is 667 g/mol. The number of carbonyl (C=O) groups is 2. The van der Waals surface area contributed by atoms with Gasteiger partial charge >= 0.3 is 6.09 Å². The number of benzene rings is 3. The third-order valence-corrected chi connectivity index (χ3v) is 9.46. The van der Waals surface area contributed by atoms with Crippen LogP contribution in [0.3, 0.4) is 0 Å². The van der Waals surface area contributed by atoms with Gasteiger partial charge in [-0.05, 0) is 81.2 Å². The van der Waals surface area contributed by atoms with E-state index in [1.807, 2.05) is 87.5 Å². The Bertz CT molecular complexity index is 1710. The lowest BCUT2D eigenvalue weighted by molar-refractivity contribution is -0.119. The molecule has 0 bridgehead atoms. The molecular formula is C43H57N3O5Si. The van der Waals surface area contributed by atoms with Crippen molar-refractivity contribution in [1.29, 1.82) is 0 Å². The molecule has 1 heterocycles. The molecule has 0 aliphatic heterocycles. The molecule has 3 atom stereocenters. The highest BCUT2D eigenvalue weighted by atomic mass is 28.3. The molecule has 9 heteroatoms. The van der Waals surface area contributed by atoms with Crippen LogP contribution in [0.2, 0.25) is 13.1 Å². The van der Waals surface area contributed by atoms with Crippen LogP contribution in [0.25, 0.3) is 5.76 Å². The molecule has 1 amide bonds. The van der Waals surface area contributed by atoms with Crippen molar-refractivity contribution in [3.63, 3.8) is 0 Å². The quantitative estimate of drug-likeness (QED) is 0.0640. The number of aromatic amines is 1. The van der Waals surface area contributed by atoms with Gasteiger partial charge in [0.25, 0.3) is 0 Å². The molecule has 0 radical (unpaired) electrons. The van der Waals surface area contributed by atoms with E-state index in [-0.39, 0.29) is 23.2 Å². The van der Waals surface area contributed by atoms with E-state index in [0.29, 0.717) is 49.8 Å². The van der Waals surface area contributed by atoms with Gasteiger partial charge in [0, 0.05) is 24.2 Å². The first-order valence-electron chi connectivity index (χ1n) is 18.3. The minimum Gasteiger partial charge on any atom is -0.545 e. The number of ketones is 1. The molecule has 0 aliphatic rings. The van der Waals surface area contributed by atoms with E-state index in [0.717, 1.165) is 16.7 Å². The van der Waals surface area contributed by atoms with Gasteiger partial charge in [-0.2, -0.15) is 0 Å². The van der Waals surface area contributed by atoms with Crippen LogP contribution in [0.5, 0.6) is 0 Å². The van der Waals surface area contributed by atoms with Crippen LogP contribution in [0.1, 0.15) is 76.2 Å². The second kappa shape index (κ2) is 18.8. The summed E-state index contributed by atoms with van der Waals surface area (Å²) < 4.78 is 18.0. The zero-order valence-corrected chi connectivity index (χ0v) is 33.3. The second-order valence-electron chi connectivity index (χ2n) is 15.8. The highest BCUT2D eigenvalue weighted by molar-refractivity contribution is 6.49. The molecule has 4 rings (SSSR count). The van der Waals surface area contributed by atoms with Crippen LogP contribution >= 0.6 is 0 Å². The smallest absolute Gasteiger partial charge is 0.407 e. The van der Waals surface area contributed by atoms with Gasteiger partial charge in [-0.3, -0.25) is 4.79 Å². The van der Waals surface area contributed by atoms with E-state index in [4.69, 9.17) is 18.9 Å². The fraction of sp³-hybridized carbons (Fsp3) is 0.419. The minimum atomic E-state index is -1.62. The Kier molecular flexibility index (Phi) is 14.6. The fourth-order valence-corrected chi connectivity index (χ4v) is 7.01. The predicted octanol–water partition coefficient (Wildman–Crippen LogP) is 9.08. The zero-order valence-electron chi connectivity index (χ0n) is 32.1. The SMILES string of the molecule is C[SiH](C)OC(=CC(=O)[C@@H](Cc1ccccc1)C[C@H]([C@H](Cc1ccccc1)NC(=O)OC(C)(C)C)C(C)(C)C)c1c[nH]c(COCc2ccccc2)n1. The molecule has 8 nitrogen and oxygen atoms in total. The van der Waals surface area contributed by atoms with E-state index in [9.17, 15) is 9.59 Å². The number of allylic oxidation sites excluding steroid dienone is 1. The van der Waals surface area contributed by atoms with E-state index in [1.54, 1.807) is 12.3 Å². The van der Waals surface area contributed by atoms with Crippen molar-refractivity contribution < 1.29 is 23.5 Å². The molecule has 0 saturated carbocycles. The van der Waals surface area contributed by atoms with Gasteiger partial charge in [0.15, 0.2) is 5.78 Å². The number of H-pyrrole nitrogens is 1. The first-order valence-corrected chi connectivity index (χ1v) is 21.1. The summed E-state index contributed by atoms with van der Waals surface area (Å²) in [5.41, 5.74) is 2.91. The van der Waals surface area contributed by atoms with Gasteiger partial charge < -0.3 is 24.2 Å². The maximum absolute atomic E-state index is 14.6. The number of nitrogens with one attached hydrogen (secondary N) is 2. The number of alkyl carbamates (subject to hydrolysis) is 1. The third-order valence-electron chi connectivity index (χ3n) is 8.73. The van der Waals surface area contributed by atoms with E-state index in [2.05, 4.69) is 68.4 Å². The number of aromatic nitrogens is 2. The Balaban J connectivity index is 1.65. The van der Waals surface area contributed by atoms with Crippen LogP contribution < -0.4 is 5.32 Å². The number of nitrogens with zero attached hydrogens (tertiary/aromatic N) is 1. The Morgan fingerprint density at radius 2 is 1.37 bits per heavy atom. The number of rotatable bonds is 17.